The molecule has 1 unspecified atom stereocenters. The highest BCUT2D eigenvalue weighted by Gasteiger charge is 2.29. The maximum atomic E-state index is 12.5. The number of ether oxygens (including phenoxy) is 1. The molecule has 0 fully saturated rings. The van der Waals surface area contributed by atoms with Crippen LogP contribution in [0.3, 0.4) is 0 Å². The molecule has 0 saturated heterocycles. The van der Waals surface area contributed by atoms with Gasteiger partial charge in [0.2, 0.25) is 5.91 Å². The largest absolute Gasteiger partial charge is 0.481 e. The van der Waals surface area contributed by atoms with E-state index in [1.54, 1.807) is 31.2 Å². The SMILES string of the molecule is CCC(CNC(=O)Cc1cccc(NC(=O)OCC2c3ccccc3-c3ccccc32)c1)C(=O)O. The molecule has 0 radical (unpaired) electrons. The highest BCUT2D eigenvalue weighted by molar-refractivity contribution is 5.86. The lowest BCUT2D eigenvalue weighted by atomic mass is 9.98. The quantitative estimate of drug-likeness (QED) is 0.414. The van der Waals surface area contributed by atoms with Gasteiger partial charge in [0.25, 0.3) is 0 Å². The van der Waals surface area contributed by atoms with E-state index in [1.807, 2.05) is 24.3 Å². The van der Waals surface area contributed by atoms with Crippen LogP contribution in [0.4, 0.5) is 10.5 Å². The molecule has 2 amide bonds. The third-order valence-corrected chi connectivity index (χ3v) is 6.27. The second kappa shape index (κ2) is 10.9. The van der Waals surface area contributed by atoms with Crippen molar-refractivity contribution in [1.82, 2.24) is 5.32 Å². The first-order valence-electron chi connectivity index (χ1n) is 11.7. The molecule has 1 aliphatic rings. The first kappa shape index (κ1) is 24.0. The number of fused-ring (bicyclic) bond motifs is 3. The van der Waals surface area contributed by atoms with Crippen molar-refractivity contribution in [2.45, 2.75) is 25.7 Å². The van der Waals surface area contributed by atoms with Gasteiger partial charge in [-0.05, 0) is 46.4 Å². The molecule has 180 valence electrons. The van der Waals surface area contributed by atoms with Crippen LogP contribution in [0.2, 0.25) is 0 Å². The molecule has 0 spiro atoms. The van der Waals surface area contributed by atoms with Gasteiger partial charge in [0, 0.05) is 18.2 Å². The minimum Gasteiger partial charge on any atom is -0.481 e. The van der Waals surface area contributed by atoms with E-state index in [1.165, 1.54) is 0 Å². The lowest BCUT2D eigenvalue weighted by Crippen LogP contribution is -2.33. The Kier molecular flexibility index (Phi) is 7.45. The summed E-state index contributed by atoms with van der Waals surface area (Å²) in [6.07, 6.45) is -0.0495. The molecule has 0 aromatic heterocycles. The minimum atomic E-state index is -0.929. The van der Waals surface area contributed by atoms with Crippen LogP contribution >= 0.6 is 0 Å². The topological polar surface area (TPSA) is 105 Å². The number of anilines is 1. The Labute approximate surface area is 204 Å². The Bertz CT molecular complexity index is 1190. The molecule has 0 heterocycles. The van der Waals surface area contributed by atoms with Crippen molar-refractivity contribution in [3.05, 3.63) is 89.5 Å². The Morgan fingerprint density at radius 3 is 2.23 bits per heavy atom. The summed E-state index contributed by atoms with van der Waals surface area (Å²) in [6, 6.07) is 23.2. The number of benzene rings is 3. The first-order valence-corrected chi connectivity index (χ1v) is 11.7. The molecule has 3 aromatic rings. The molecule has 3 aromatic carbocycles. The summed E-state index contributed by atoms with van der Waals surface area (Å²) in [7, 11) is 0. The van der Waals surface area contributed by atoms with Gasteiger partial charge in [-0.25, -0.2) is 4.79 Å². The van der Waals surface area contributed by atoms with Gasteiger partial charge in [-0.1, -0.05) is 67.6 Å². The van der Waals surface area contributed by atoms with Gasteiger partial charge in [0.05, 0.1) is 12.3 Å². The number of aliphatic carboxylic acids is 1. The van der Waals surface area contributed by atoms with Crippen molar-refractivity contribution < 1.29 is 24.2 Å². The second-order valence-corrected chi connectivity index (χ2v) is 8.58. The minimum absolute atomic E-state index is 0.0269. The van der Waals surface area contributed by atoms with Crippen LogP contribution in [0.15, 0.2) is 72.8 Å². The van der Waals surface area contributed by atoms with E-state index in [0.717, 1.165) is 22.3 Å². The molecule has 7 heteroatoms. The van der Waals surface area contributed by atoms with E-state index < -0.39 is 18.0 Å². The molecule has 1 aliphatic carbocycles. The van der Waals surface area contributed by atoms with Crippen molar-refractivity contribution in [1.29, 1.82) is 0 Å². The Morgan fingerprint density at radius 1 is 0.943 bits per heavy atom. The lowest BCUT2D eigenvalue weighted by molar-refractivity contribution is -0.141. The van der Waals surface area contributed by atoms with Crippen LogP contribution in [0.1, 0.15) is 36.0 Å². The van der Waals surface area contributed by atoms with Gasteiger partial charge >= 0.3 is 12.1 Å². The number of hydrogen-bond donors (Lipinski definition) is 3. The highest BCUT2D eigenvalue weighted by atomic mass is 16.5. The van der Waals surface area contributed by atoms with E-state index in [-0.39, 0.29) is 31.4 Å². The van der Waals surface area contributed by atoms with Crippen molar-refractivity contribution in [3.8, 4) is 11.1 Å². The van der Waals surface area contributed by atoms with Gasteiger partial charge in [-0.2, -0.15) is 0 Å². The summed E-state index contributed by atoms with van der Waals surface area (Å²) in [5, 5.41) is 14.5. The summed E-state index contributed by atoms with van der Waals surface area (Å²) in [5.41, 5.74) is 5.82. The number of rotatable bonds is 9. The number of carbonyl (C=O) groups excluding carboxylic acids is 2. The van der Waals surface area contributed by atoms with Gasteiger partial charge in [-0.15, -0.1) is 0 Å². The zero-order valence-electron chi connectivity index (χ0n) is 19.5. The van der Waals surface area contributed by atoms with E-state index >= 15 is 0 Å². The molecule has 7 nitrogen and oxygen atoms in total. The Morgan fingerprint density at radius 2 is 1.60 bits per heavy atom. The average Bonchev–Trinajstić information content (AvgIpc) is 3.17. The molecule has 0 aliphatic heterocycles. The van der Waals surface area contributed by atoms with Crippen LogP contribution in [0.25, 0.3) is 11.1 Å². The van der Waals surface area contributed by atoms with Gasteiger partial charge in [-0.3, -0.25) is 14.9 Å². The highest BCUT2D eigenvalue weighted by Crippen LogP contribution is 2.44. The Hall–Kier alpha value is -4.13. The molecule has 3 N–H and O–H groups in total. The van der Waals surface area contributed by atoms with E-state index in [9.17, 15) is 14.4 Å². The van der Waals surface area contributed by atoms with Crippen molar-refractivity contribution in [2.24, 2.45) is 5.92 Å². The van der Waals surface area contributed by atoms with E-state index in [4.69, 9.17) is 9.84 Å². The summed E-state index contributed by atoms with van der Waals surface area (Å²) in [5.74, 6) is -1.84. The molecular weight excluding hydrogens is 444 g/mol. The standard InChI is InChI=1S/C28H28N2O5/c1-2-19(27(32)33)16-29-26(31)15-18-8-7-9-20(14-18)30-28(34)35-17-25-23-12-5-3-10-21(23)22-11-4-6-13-24(22)25/h3-14,19,25H,2,15-17H2,1H3,(H,29,31)(H,30,34)(H,32,33). The lowest BCUT2D eigenvalue weighted by Gasteiger charge is -2.15. The molecule has 0 saturated carbocycles. The van der Waals surface area contributed by atoms with Gasteiger partial charge in [0.15, 0.2) is 0 Å². The molecule has 1 atom stereocenters. The zero-order chi connectivity index (χ0) is 24.8. The van der Waals surface area contributed by atoms with Crippen LogP contribution in [-0.2, 0) is 20.7 Å². The molecule has 35 heavy (non-hydrogen) atoms. The summed E-state index contributed by atoms with van der Waals surface area (Å²) >= 11 is 0. The number of carboxylic acids is 1. The monoisotopic (exact) mass is 472 g/mol. The number of carbonyl (C=O) groups is 3. The molecule has 0 bridgehead atoms. The zero-order valence-corrected chi connectivity index (χ0v) is 19.5. The van der Waals surface area contributed by atoms with Crippen LogP contribution < -0.4 is 10.6 Å². The van der Waals surface area contributed by atoms with E-state index in [0.29, 0.717) is 17.7 Å². The van der Waals surface area contributed by atoms with Crippen LogP contribution in [0.5, 0.6) is 0 Å². The van der Waals surface area contributed by atoms with Crippen molar-refractivity contribution in [2.75, 3.05) is 18.5 Å². The summed E-state index contributed by atoms with van der Waals surface area (Å²) in [4.78, 5) is 35.9. The van der Waals surface area contributed by atoms with Crippen LogP contribution in [-0.4, -0.2) is 36.2 Å². The van der Waals surface area contributed by atoms with Crippen molar-refractivity contribution in [3.63, 3.8) is 0 Å². The number of hydrogen-bond acceptors (Lipinski definition) is 4. The number of amides is 2. The maximum Gasteiger partial charge on any atom is 0.411 e. The fourth-order valence-electron chi connectivity index (χ4n) is 4.40. The average molecular weight is 473 g/mol. The normalized spacial score (nSPS) is 12.8. The third-order valence-electron chi connectivity index (χ3n) is 6.27. The number of nitrogens with one attached hydrogen (secondary N) is 2. The fraction of sp³-hybridized carbons (Fsp3) is 0.250. The van der Waals surface area contributed by atoms with Crippen LogP contribution in [0, 0.1) is 5.92 Å². The smallest absolute Gasteiger partial charge is 0.411 e. The Balaban J connectivity index is 1.33. The predicted molar refractivity (Wildman–Crippen MR) is 133 cm³/mol. The molecular formula is C28H28N2O5. The first-order chi connectivity index (χ1) is 17.0. The summed E-state index contributed by atoms with van der Waals surface area (Å²) < 4.78 is 5.58. The maximum absolute atomic E-state index is 12.5. The predicted octanol–water partition coefficient (Wildman–Crippen LogP) is 4.82. The fourth-order valence-corrected chi connectivity index (χ4v) is 4.40. The van der Waals surface area contributed by atoms with E-state index in [2.05, 4.69) is 34.9 Å². The van der Waals surface area contributed by atoms with Gasteiger partial charge in [0.1, 0.15) is 6.61 Å². The second-order valence-electron chi connectivity index (χ2n) is 8.58. The third kappa shape index (κ3) is 5.69. The molecule has 4 rings (SSSR count). The number of carboxylic acid groups (broad SMARTS) is 1. The van der Waals surface area contributed by atoms with Gasteiger partial charge < -0.3 is 15.2 Å². The van der Waals surface area contributed by atoms with Crippen molar-refractivity contribution >= 4 is 23.7 Å². The summed E-state index contributed by atoms with van der Waals surface area (Å²) in [6.45, 7) is 2.07.